The molecule has 29 heavy (non-hydrogen) atoms. The van der Waals surface area contributed by atoms with Crippen LogP contribution in [0.3, 0.4) is 0 Å². The van der Waals surface area contributed by atoms with E-state index in [2.05, 4.69) is 26.5 Å². The van der Waals surface area contributed by atoms with Crippen LogP contribution in [-0.2, 0) is 12.4 Å². The number of halogens is 1. The number of anilines is 1. The largest absolute Gasteiger partial charge is 0.497 e. The molecule has 0 saturated heterocycles. The predicted molar refractivity (Wildman–Crippen MR) is 109 cm³/mol. The molecule has 4 rings (SSSR count). The Morgan fingerprint density at radius 3 is 2.76 bits per heavy atom. The minimum Gasteiger partial charge on any atom is -0.497 e. The lowest BCUT2D eigenvalue weighted by atomic mass is 10.1. The zero-order valence-electron chi connectivity index (χ0n) is 15.8. The average Bonchev–Trinajstić information content (AvgIpc) is 3.22. The third-order valence-electron chi connectivity index (χ3n) is 4.52. The van der Waals surface area contributed by atoms with Crippen LogP contribution in [0.4, 0.5) is 5.95 Å². The van der Waals surface area contributed by atoms with Crippen molar-refractivity contribution in [2.45, 2.75) is 12.4 Å². The second-order valence-corrected chi connectivity index (χ2v) is 6.44. The maximum absolute atomic E-state index is 9.47. The number of methoxy groups -OCH3 is 2. The lowest BCUT2D eigenvalue weighted by Gasteiger charge is -2.13. The monoisotopic (exact) mass is 408 g/mol. The third-order valence-corrected chi connectivity index (χ3v) is 4.76. The summed E-state index contributed by atoms with van der Waals surface area (Å²) in [6.45, 7) is 0.422. The third kappa shape index (κ3) is 3.37. The van der Waals surface area contributed by atoms with Gasteiger partial charge in [-0.25, -0.2) is 9.97 Å². The molecule has 0 spiro atoms. The quantitative estimate of drug-likeness (QED) is 0.487. The van der Waals surface area contributed by atoms with Crippen molar-refractivity contribution in [3.8, 4) is 17.6 Å². The van der Waals surface area contributed by atoms with E-state index < -0.39 is 0 Å². The van der Waals surface area contributed by atoms with Crippen LogP contribution in [0, 0.1) is 11.3 Å². The Balaban J connectivity index is 1.80. The van der Waals surface area contributed by atoms with Gasteiger partial charge in [0, 0.05) is 23.6 Å². The van der Waals surface area contributed by atoms with Crippen molar-refractivity contribution in [1.82, 2.24) is 19.6 Å². The first-order valence-electron chi connectivity index (χ1n) is 8.77. The average molecular weight is 409 g/mol. The Labute approximate surface area is 171 Å². The first-order valence-corrected chi connectivity index (χ1v) is 9.31. The number of benzene rings is 2. The molecule has 4 aromatic rings. The molecule has 2 aromatic carbocycles. The van der Waals surface area contributed by atoms with E-state index in [-0.39, 0.29) is 5.88 Å². The smallest absolute Gasteiger partial charge is 0.226 e. The summed E-state index contributed by atoms with van der Waals surface area (Å²) >= 11 is 5.94. The van der Waals surface area contributed by atoms with Crippen LogP contribution >= 0.6 is 11.6 Å². The highest BCUT2D eigenvalue weighted by Gasteiger charge is 2.16. The molecule has 146 valence electrons. The van der Waals surface area contributed by atoms with E-state index in [1.54, 1.807) is 30.9 Å². The Kier molecular flexibility index (Phi) is 5.06. The summed E-state index contributed by atoms with van der Waals surface area (Å²) < 4.78 is 12.3. The first-order chi connectivity index (χ1) is 14.2. The van der Waals surface area contributed by atoms with Crippen LogP contribution < -0.4 is 14.8 Å². The van der Waals surface area contributed by atoms with Gasteiger partial charge in [-0.15, -0.1) is 16.7 Å². The fourth-order valence-electron chi connectivity index (χ4n) is 3.11. The molecular weight excluding hydrogens is 392 g/mol. The van der Waals surface area contributed by atoms with Crippen molar-refractivity contribution in [3.63, 3.8) is 0 Å². The van der Waals surface area contributed by atoms with Gasteiger partial charge < -0.3 is 14.8 Å². The molecule has 0 bridgehead atoms. The van der Waals surface area contributed by atoms with E-state index in [1.807, 2.05) is 24.3 Å². The van der Waals surface area contributed by atoms with E-state index in [0.29, 0.717) is 46.5 Å². The van der Waals surface area contributed by atoms with Gasteiger partial charge in [0.1, 0.15) is 17.6 Å². The highest BCUT2D eigenvalue weighted by Crippen LogP contribution is 2.27. The number of nitriles is 1. The SMILES string of the molecule is COc1ccc(CNc2nc3c(C#N)cccc3c3nc(CCl)nn23)c(OC)c1. The second-order valence-electron chi connectivity index (χ2n) is 6.18. The van der Waals surface area contributed by atoms with Crippen molar-refractivity contribution in [2.24, 2.45) is 0 Å². The second kappa shape index (κ2) is 7.81. The van der Waals surface area contributed by atoms with Gasteiger partial charge in [-0.2, -0.15) is 9.78 Å². The fourth-order valence-corrected chi connectivity index (χ4v) is 3.22. The zero-order chi connectivity index (χ0) is 20.4. The van der Waals surface area contributed by atoms with E-state index in [4.69, 9.17) is 21.1 Å². The number of fused-ring (bicyclic) bond motifs is 3. The predicted octanol–water partition coefficient (Wildman–Crippen LogP) is 3.52. The summed E-state index contributed by atoms with van der Waals surface area (Å²) in [5, 5.41) is 17.9. The molecular formula is C20H17ClN6O2. The van der Waals surface area contributed by atoms with Crippen LogP contribution in [0.2, 0.25) is 0 Å². The van der Waals surface area contributed by atoms with Crippen molar-refractivity contribution in [1.29, 1.82) is 5.26 Å². The van der Waals surface area contributed by atoms with Gasteiger partial charge in [0.05, 0.1) is 31.2 Å². The number of aromatic nitrogens is 4. The van der Waals surface area contributed by atoms with Crippen molar-refractivity contribution in [3.05, 3.63) is 53.3 Å². The van der Waals surface area contributed by atoms with Crippen molar-refractivity contribution >= 4 is 34.1 Å². The van der Waals surface area contributed by atoms with E-state index in [0.717, 1.165) is 10.9 Å². The molecule has 0 saturated carbocycles. The van der Waals surface area contributed by atoms with Gasteiger partial charge in [-0.3, -0.25) is 0 Å². The van der Waals surface area contributed by atoms with Crippen molar-refractivity contribution in [2.75, 3.05) is 19.5 Å². The minimum atomic E-state index is 0.173. The summed E-state index contributed by atoms with van der Waals surface area (Å²) in [7, 11) is 3.21. The molecule has 2 aromatic heterocycles. The Morgan fingerprint density at radius 2 is 2.03 bits per heavy atom. The summed E-state index contributed by atoms with van der Waals surface area (Å²) in [5.41, 5.74) is 2.52. The Bertz CT molecular complexity index is 1250. The van der Waals surface area contributed by atoms with Crippen LogP contribution in [-0.4, -0.2) is 33.8 Å². The molecule has 0 unspecified atom stereocenters. The maximum Gasteiger partial charge on any atom is 0.226 e. The highest BCUT2D eigenvalue weighted by atomic mass is 35.5. The van der Waals surface area contributed by atoms with Gasteiger partial charge in [0.25, 0.3) is 0 Å². The minimum absolute atomic E-state index is 0.173. The van der Waals surface area contributed by atoms with Gasteiger partial charge in [0.2, 0.25) is 5.95 Å². The molecule has 1 N–H and O–H groups in total. The van der Waals surface area contributed by atoms with Crippen molar-refractivity contribution < 1.29 is 9.47 Å². The number of hydrogen-bond donors (Lipinski definition) is 1. The number of alkyl halides is 1. The summed E-state index contributed by atoms with van der Waals surface area (Å²) in [5.74, 6) is 2.50. The number of nitrogens with one attached hydrogen (secondary N) is 1. The molecule has 2 heterocycles. The zero-order valence-corrected chi connectivity index (χ0v) is 16.6. The Morgan fingerprint density at radius 1 is 1.17 bits per heavy atom. The molecule has 8 nitrogen and oxygen atoms in total. The number of ether oxygens (including phenoxy) is 2. The summed E-state index contributed by atoms with van der Waals surface area (Å²) in [6, 6.07) is 13.1. The molecule has 0 amide bonds. The van der Waals surface area contributed by atoms with Gasteiger partial charge >= 0.3 is 0 Å². The summed E-state index contributed by atoms with van der Waals surface area (Å²) in [6.07, 6.45) is 0. The first kappa shape index (κ1) is 18.8. The standard InChI is InChI=1S/C20H17ClN6O2/c1-28-14-7-6-13(16(8-14)29-2)11-23-20-25-18-12(10-22)4-3-5-15(18)19-24-17(9-21)26-27(19)20/h3-8H,9,11H2,1-2H3,(H,23,25). The van der Waals surface area contributed by atoms with Crippen LogP contribution in [0.25, 0.3) is 16.6 Å². The number of rotatable bonds is 6. The van der Waals surface area contributed by atoms with E-state index in [9.17, 15) is 5.26 Å². The molecule has 0 radical (unpaired) electrons. The van der Waals surface area contributed by atoms with Gasteiger partial charge in [0.15, 0.2) is 11.5 Å². The van der Waals surface area contributed by atoms with Crippen LogP contribution in [0.5, 0.6) is 11.5 Å². The summed E-state index contributed by atoms with van der Waals surface area (Å²) in [4.78, 5) is 9.14. The molecule has 9 heteroatoms. The van der Waals surface area contributed by atoms with E-state index >= 15 is 0 Å². The van der Waals surface area contributed by atoms with Crippen LogP contribution in [0.15, 0.2) is 36.4 Å². The number of nitrogens with zero attached hydrogens (tertiary/aromatic N) is 5. The Hall–Kier alpha value is -3.57. The van der Waals surface area contributed by atoms with E-state index in [1.165, 1.54) is 0 Å². The topological polar surface area (TPSA) is 97.4 Å². The fraction of sp³-hybridized carbons (Fsp3) is 0.200. The highest BCUT2D eigenvalue weighted by molar-refractivity contribution is 6.16. The number of para-hydroxylation sites is 1. The molecule has 0 aliphatic heterocycles. The normalized spacial score (nSPS) is 10.8. The van der Waals surface area contributed by atoms with Crippen LogP contribution in [0.1, 0.15) is 17.0 Å². The molecule has 0 atom stereocenters. The molecule has 0 fully saturated rings. The van der Waals surface area contributed by atoms with Gasteiger partial charge in [-0.1, -0.05) is 6.07 Å². The maximum atomic E-state index is 9.47. The molecule has 0 aliphatic rings. The van der Waals surface area contributed by atoms with Gasteiger partial charge in [-0.05, 0) is 24.3 Å². The molecule has 0 aliphatic carbocycles. The lowest BCUT2D eigenvalue weighted by molar-refractivity contribution is 0.391. The number of hydrogen-bond acceptors (Lipinski definition) is 7. The lowest BCUT2D eigenvalue weighted by Crippen LogP contribution is -2.09.